The van der Waals surface area contributed by atoms with Crippen LogP contribution in [0.2, 0.25) is 5.02 Å². The molecule has 1 atom stereocenters. The molecule has 0 amide bonds. The van der Waals surface area contributed by atoms with Crippen LogP contribution in [-0.4, -0.2) is 22.8 Å². The van der Waals surface area contributed by atoms with E-state index in [1.807, 2.05) is 77.8 Å². The highest BCUT2D eigenvalue weighted by molar-refractivity contribution is 6.30. The lowest BCUT2D eigenvalue weighted by atomic mass is 9.98. The number of hydrogen-bond acceptors (Lipinski definition) is 5. The van der Waals surface area contributed by atoms with Gasteiger partial charge in [-0.3, -0.25) is 0 Å². The molecular formula is C30H22ClFN4O. The van der Waals surface area contributed by atoms with Crippen molar-refractivity contribution >= 4 is 34.2 Å². The molecule has 6 rings (SSSR count). The highest BCUT2D eigenvalue weighted by atomic mass is 35.5. The van der Waals surface area contributed by atoms with Gasteiger partial charge in [-0.25, -0.2) is 19.4 Å². The molecule has 1 aromatic heterocycles. The summed E-state index contributed by atoms with van der Waals surface area (Å²) in [6.45, 7) is 0. The van der Waals surface area contributed by atoms with E-state index in [-0.39, 0.29) is 11.9 Å². The normalized spacial score (nSPS) is 15.2. The summed E-state index contributed by atoms with van der Waals surface area (Å²) in [6, 6.07) is 29.6. The van der Waals surface area contributed by atoms with Gasteiger partial charge >= 0.3 is 0 Å². The monoisotopic (exact) mass is 508 g/mol. The summed E-state index contributed by atoms with van der Waals surface area (Å²) in [4.78, 5) is 9.90. The average Bonchev–Trinajstić information content (AvgIpc) is 3.39. The Kier molecular flexibility index (Phi) is 6.02. The Morgan fingerprint density at radius 2 is 1.65 bits per heavy atom. The zero-order chi connectivity index (χ0) is 25.4. The third-order valence-corrected chi connectivity index (χ3v) is 6.73. The number of rotatable bonds is 5. The molecule has 0 bridgehead atoms. The standard InChI is InChI=1S/C30H22ClFN4O/c1-37-24-6-4-5-21(17-24)27-18-28(19-11-15-23(32)16-12-19)36(35-27)30-33-26-8-3-2-7-25(26)29(34-30)20-9-13-22(31)14-10-20/h2-17,28H,18H2,1H3/t28-/m1/s1. The van der Waals surface area contributed by atoms with Crippen molar-refractivity contribution in [3.05, 3.63) is 119 Å². The smallest absolute Gasteiger partial charge is 0.247 e. The molecule has 0 aliphatic carbocycles. The number of fused-ring (bicyclic) bond motifs is 1. The van der Waals surface area contributed by atoms with Gasteiger partial charge in [0.1, 0.15) is 11.6 Å². The van der Waals surface area contributed by atoms with Gasteiger partial charge in [-0.15, -0.1) is 0 Å². The minimum atomic E-state index is -0.283. The van der Waals surface area contributed by atoms with E-state index in [1.54, 1.807) is 19.2 Å². The second-order valence-electron chi connectivity index (χ2n) is 8.79. The molecule has 1 aliphatic rings. The lowest BCUT2D eigenvalue weighted by molar-refractivity contribution is 0.414. The van der Waals surface area contributed by atoms with Gasteiger partial charge in [0.25, 0.3) is 0 Å². The summed E-state index contributed by atoms with van der Waals surface area (Å²) in [5.41, 5.74) is 5.28. The predicted octanol–water partition coefficient (Wildman–Crippen LogP) is 7.45. The molecule has 0 radical (unpaired) electrons. The second-order valence-corrected chi connectivity index (χ2v) is 9.23. The third-order valence-electron chi connectivity index (χ3n) is 6.48. The van der Waals surface area contributed by atoms with Gasteiger partial charge in [-0.05, 0) is 48.0 Å². The molecule has 182 valence electrons. The topological polar surface area (TPSA) is 50.6 Å². The average molecular weight is 509 g/mol. The van der Waals surface area contributed by atoms with Crippen molar-refractivity contribution in [1.29, 1.82) is 0 Å². The Balaban J connectivity index is 1.52. The molecule has 7 heteroatoms. The predicted molar refractivity (Wildman–Crippen MR) is 146 cm³/mol. The van der Waals surface area contributed by atoms with Gasteiger partial charge in [-0.1, -0.05) is 66.2 Å². The fraction of sp³-hybridized carbons (Fsp3) is 0.100. The number of hydrazone groups is 1. The first-order valence-corrected chi connectivity index (χ1v) is 12.3. The van der Waals surface area contributed by atoms with Crippen LogP contribution in [0, 0.1) is 5.82 Å². The molecule has 0 fully saturated rings. The van der Waals surface area contributed by atoms with Crippen molar-refractivity contribution in [2.75, 3.05) is 12.1 Å². The lowest BCUT2D eigenvalue weighted by Crippen LogP contribution is -2.21. The van der Waals surface area contributed by atoms with Crippen molar-refractivity contribution in [1.82, 2.24) is 9.97 Å². The highest BCUT2D eigenvalue weighted by Crippen LogP contribution is 2.38. The van der Waals surface area contributed by atoms with E-state index in [0.717, 1.165) is 44.7 Å². The lowest BCUT2D eigenvalue weighted by Gasteiger charge is -2.23. The van der Waals surface area contributed by atoms with Crippen LogP contribution in [0.25, 0.3) is 22.2 Å². The van der Waals surface area contributed by atoms with Gasteiger partial charge in [-0.2, -0.15) is 5.10 Å². The molecule has 5 nitrogen and oxygen atoms in total. The number of anilines is 1. The van der Waals surface area contributed by atoms with E-state index in [9.17, 15) is 4.39 Å². The number of ether oxygens (including phenoxy) is 1. The van der Waals surface area contributed by atoms with Crippen LogP contribution in [0.15, 0.2) is 102 Å². The number of para-hydroxylation sites is 1. The van der Waals surface area contributed by atoms with Crippen LogP contribution >= 0.6 is 11.6 Å². The SMILES string of the molecule is COc1cccc(C2=NN(c3nc(-c4ccc(Cl)cc4)c4ccccc4n3)[C@@H](c3ccc(F)cc3)C2)c1. The number of aromatic nitrogens is 2. The number of halogens is 2. The zero-order valence-electron chi connectivity index (χ0n) is 20.0. The van der Waals surface area contributed by atoms with Crippen molar-refractivity contribution < 1.29 is 9.13 Å². The molecule has 0 unspecified atom stereocenters. The molecule has 0 saturated heterocycles. The molecule has 0 saturated carbocycles. The number of nitrogens with zero attached hydrogens (tertiary/aromatic N) is 4. The van der Waals surface area contributed by atoms with Crippen molar-refractivity contribution in [2.24, 2.45) is 5.10 Å². The summed E-state index contributed by atoms with van der Waals surface area (Å²) >= 11 is 6.15. The Bertz CT molecular complexity index is 1620. The van der Waals surface area contributed by atoms with Crippen molar-refractivity contribution in [2.45, 2.75) is 12.5 Å². The van der Waals surface area contributed by atoms with Gasteiger partial charge < -0.3 is 4.74 Å². The Morgan fingerprint density at radius 1 is 0.865 bits per heavy atom. The molecule has 37 heavy (non-hydrogen) atoms. The van der Waals surface area contributed by atoms with E-state index in [2.05, 4.69) is 0 Å². The Hall–Kier alpha value is -4.29. The summed E-state index contributed by atoms with van der Waals surface area (Å²) in [5, 5.41) is 8.43. The maximum atomic E-state index is 13.8. The van der Waals surface area contributed by atoms with E-state index in [1.165, 1.54) is 12.1 Å². The first-order valence-electron chi connectivity index (χ1n) is 11.9. The first kappa shape index (κ1) is 23.1. The fourth-order valence-corrected chi connectivity index (χ4v) is 4.74. The summed E-state index contributed by atoms with van der Waals surface area (Å²) in [5.74, 6) is 0.939. The fourth-order valence-electron chi connectivity index (χ4n) is 4.61. The van der Waals surface area contributed by atoms with Crippen molar-refractivity contribution in [3.63, 3.8) is 0 Å². The molecule has 2 heterocycles. The second kappa shape index (κ2) is 9.64. The van der Waals surface area contributed by atoms with Crippen LogP contribution < -0.4 is 9.75 Å². The van der Waals surface area contributed by atoms with E-state index < -0.39 is 0 Å². The zero-order valence-corrected chi connectivity index (χ0v) is 20.7. The van der Waals surface area contributed by atoms with E-state index in [0.29, 0.717) is 17.4 Å². The molecule has 0 N–H and O–H groups in total. The van der Waals surface area contributed by atoms with E-state index in [4.69, 9.17) is 31.4 Å². The minimum absolute atomic E-state index is 0.207. The van der Waals surface area contributed by atoms with Gasteiger partial charge in [0, 0.05) is 28.0 Å². The maximum Gasteiger partial charge on any atom is 0.247 e. The minimum Gasteiger partial charge on any atom is -0.497 e. The maximum absolute atomic E-state index is 13.8. The molecule has 0 spiro atoms. The summed E-state index contributed by atoms with van der Waals surface area (Å²) in [7, 11) is 1.64. The summed E-state index contributed by atoms with van der Waals surface area (Å²) in [6.07, 6.45) is 0.602. The van der Waals surface area contributed by atoms with Crippen LogP contribution in [0.1, 0.15) is 23.6 Å². The number of hydrogen-bond donors (Lipinski definition) is 0. The third kappa shape index (κ3) is 4.52. The van der Waals surface area contributed by atoms with Crippen LogP contribution in [0.5, 0.6) is 5.75 Å². The van der Waals surface area contributed by atoms with Gasteiger partial charge in [0.2, 0.25) is 5.95 Å². The van der Waals surface area contributed by atoms with Crippen LogP contribution in [-0.2, 0) is 0 Å². The Labute approximate surface area is 218 Å². The number of benzene rings is 4. The number of methoxy groups -OCH3 is 1. The molecular weight excluding hydrogens is 487 g/mol. The molecule has 5 aromatic rings. The quantitative estimate of drug-likeness (QED) is 0.247. The largest absolute Gasteiger partial charge is 0.497 e. The van der Waals surface area contributed by atoms with Gasteiger partial charge in [0.15, 0.2) is 0 Å². The van der Waals surface area contributed by atoms with E-state index >= 15 is 0 Å². The summed E-state index contributed by atoms with van der Waals surface area (Å²) < 4.78 is 19.2. The highest BCUT2D eigenvalue weighted by Gasteiger charge is 2.32. The molecule has 1 aliphatic heterocycles. The Morgan fingerprint density at radius 3 is 2.43 bits per heavy atom. The first-order chi connectivity index (χ1) is 18.1. The van der Waals surface area contributed by atoms with Crippen LogP contribution in [0.4, 0.5) is 10.3 Å². The van der Waals surface area contributed by atoms with Gasteiger partial charge in [0.05, 0.1) is 30.1 Å². The van der Waals surface area contributed by atoms with Crippen LogP contribution in [0.3, 0.4) is 0 Å². The molecule has 4 aromatic carbocycles. The van der Waals surface area contributed by atoms with Crippen molar-refractivity contribution in [3.8, 4) is 17.0 Å².